The fraction of sp³-hybridized carbons (Fsp3) is 0.333. The zero-order valence-corrected chi connectivity index (χ0v) is 15.8. The standard InChI is InChI=1S/C18H16FIO3S/c19-12-2-5-14(6-3-12)24(21,22)18-15-8-4-13(20)9-11(15)1-7-16(18)17-10-23-17/h2-6,8-9,16-18H,1,7,10H2. The van der Waals surface area contributed by atoms with Gasteiger partial charge in [-0.2, -0.15) is 0 Å². The SMILES string of the molecule is O=S(=O)(c1ccc(F)cc1)C1c2ccc(I)cc2CCC1C1CO1. The quantitative estimate of drug-likeness (QED) is 0.398. The van der Waals surface area contributed by atoms with Crippen LogP contribution in [-0.4, -0.2) is 21.1 Å². The molecular weight excluding hydrogens is 442 g/mol. The molecule has 126 valence electrons. The molecule has 0 bridgehead atoms. The van der Waals surface area contributed by atoms with Crippen LogP contribution in [0, 0.1) is 15.3 Å². The number of rotatable bonds is 3. The van der Waals surface area contributed by atoms with Crippen LogP contribution in [0.2, 0.25) is 0 Å². The van der Waals surface area contributed by atoms with Crippen LogP contribution in [0.1, 0.15) is 22.8 Å². The van der Waals surface area contributed by atoms with E-state index in [4.69, 9.17) is 4.74 Å². The number of hydrogen-bond acceptors (Lipinski definition) is 3. The second-order valence-corrected chi connectivity index (χ2v) is 9.65. The minimum atomic E-state index is -3.61. The smallest absolute Gasteiger partial charge is 0.185 e. The van der Waals surface area contributed by atoms with Crippen molar-refractivity contribution in [2.75, 3.05) is 6.61 Å². The van der Waals surface area contributed by atoms with Gasteiger partial charge in [-0.15, -0.1) is 0 Å². The van der Waals surface area contributed by atoms with Crippen molar-refractivity contribution < 1.29 is 17.5 Å². The van der Waals surface area contributed by atoms with E-state index in [-0.39, 0.29) is 16.9 Å². The molecule has 1 saturated heterocycles. The molecule has 3 nitrogen and oxygen atoms in total. The highest BCUT2D eigenvalue weighted by molar-refractivity contribution is 14.1. The Morgan fingerprint density at radius 1 is 1.12 bits per heavy atom. The molecule has 24 heavy (non-hydrogen) atoms. The Kier molecular flexibility index (Phi) is 4.17. The first-order valence-corrected chi connectivity index (χ1v) is 10.5. The molecule has 6 heteroatoms. The second-order valence-electron chi connectivity index (χ2n) is 6.34. The summed E-state index contributed by atoms with van der Waals surface area (Å²) in [7, 11) is -3.61. The molecule has 4 rings (SSSR count). The fourth-order valence-corrected chi connectivity index (χ4v) is 6.32. The van der Waals surface area contributed by atoms with Crippen molar-refractivity contribution in [3.05, 3.63) is 63.0 Å². The molecule has 0 saturated carbocycles. The zero-order chi connectivity index (χ0) is 16.9. The van der Waals surface area contributed by atoms with E-state index in [0.717, 1.165) is 27.5 Å². The Morgan fingerprint density at radius 3 is 2.50 bits per heavy atom. The third-order valence-electron chi connectivity index (χ3n) is 4.86. The summed E-state index contributed by atoms with van der Waals surface area (Å²) in [4.78, 5) is 0.172. The summed E-state index contributed by atoms with van der Waals surface area (Å²) in [5.41, 5.74) is 1.96. The number of benzene rings is 2. The lowest BCUT2D eigenvalue weighted by molar-refractivity contribution is 0.297. The lowest BCUT2D eigenvalue weighted by Gasteiger charge is -2.32. The number of ether oxygens (including phenoxy) is 1. The molecule has 0 spiro atoms. The average Bonchev–Trinajstić information content (AvgIpc) is 3.39. The Bertz CT molecular complexity index is 876. The molecule has 1 heterocycles. The minimum absolute atomic E-state index is 0.0117. The van der Waals surface area contributed by atoms with Gasteiger partial charge in [-0.3, -0.25) is 0 Å². The maximum Gasteiger partial charge on any atom is 0.185 e. The molecule has 2 aromatic rings. The molecule has 2 aliphatic rings. The topological polar surface area (TPSA) is 46.7 Å². The number of sulfone groups is 1. The number of epoxide rings is 1. The van der Waals surface area contributed by atoms with E-state index in [1.807, 2.05) is 12.1 Å². The highest BCUT2D eigenvalue weighted by Gasteiger charge is 2.47. The van der Waals surface area contributed by atoms with Crippen molar-refractivity contribution in [3.63, 3.8) is 0 Å². The lowest BCUT2D eigenvalue weighted by atomic mass is 9.82. The third-order valence-corrected chi connectivity index (χ3v) is 7.73. The van der Waals surface area contributed by atoms with E-state index in [2.05, 4.69) is 28.7 Å². The Balaban J connectivity index is 1.84. The Labute approximate surface area is 154 Å². The highest BCUT2D eigenvalue weighted by atomic mass is 127. The van der Waals surface area contributed by atoms with Crippen LogP contribution in [0.4, 0.5) is 4.39 Å². The summed E-state index contributed by atoms with van der Waals surface area (Å²) in [6, 6.07) is 11.1. The first-order valence-electron chi connectivity index (χ1n) is 7.86. The van der Waals surface area contributed by atoms with Gasteiger partial charge in [-0.05, 0) is 83.0 Å². The molecule has 0 aromatic heterocycles. The summed E-state index contributed by atoms with van der Waals surface area (Å²) in [6.45, 7) is 0.625. The van der Waals surface area contributed by atoms with Gasteiger partial charge in [-0.1, -0.05) is 6.07 Å². The molecular formula is C18H16FIO3S. The van der Waals surface area contributed by atoms with Gasteiger partial charge in [0, 0.05) is 9.49 Å². The fourth-order valence-electron chi connectivity index (χ4n) is 3.62. The Morgan fingerprint density at radius 2 is 1.83 bits per heavy atom. The first-order chi connectivity index (χ1) is 11.5. The van der Waals surface area contributed by atoms with Crippen LogP contribution in [0.5, 0.6) is 0 Å². The number of halogens is 2. The van der Waals surface area contributed by atoms with Crippen LogP contribution >= 0.6 is 22.6 Å². The van der Waals surface area contributed by atoms with Crippen LogP contribution < -0.4 is 0 Å². The predicted octanol–water partition coefficient (Wildman–Crippen LogP) is 3.91. The Hall–Kier alpha value is -0.990. The van der Waals surface area contributed by atoms with Crippen molar-refractivity contribution >= 4 is 32.4 Å². The molecule has 1 aliphatic carbocycles. The van der Waals surface area contributed by atoms with E-state index >= 15 is 0 Å². The van der Waals surface area contributed by atoms with E-state index in [9.17, 15) is 12.8 Å². The van der Waals surface area contributed by atoms with Crippen LogP contribution in [-0.2, 0) is 21.0 Å². The maximum atomic E-state index is 13.3. The summed E-state index contributed by atoms with van der Waals surface area (Å²) >= 11 is 2.24. The molecule has 1 fully saturated rings. The summed E-state index contributed by atoms with van der Waals surface area (Å²) < 4.78 is 46.4. The van der Waals surface area contributed by atoms with Crippen molar-refractivity contribution in [2.24, 2.45) is 5.92 Å². The van der Waals surface area contributed by atoms with E-state index in [1.54, 1.807) is 0 Å². The average molecular weight is 458 g/mol. The molecule has 3 atom stereocenters. The van der Waals surface area contributed by atoms with Crippen molar-refractivity contribution in [2.45, 2.75) is 29.1 Å². The van der Waals surface area contributed by atoms with Gasteiger partial charge in [0.25, 0.3) is 0 Å². The normalized spacial score (nSPS) is 26.0. The van der Waals surface area contributed by atoms with Crippen molar-refractivity contribution in [1.82, 2.24) is 0 Å². The largest absolute Gasteiger partial charge is 0.373 e. The molecule has 0 radical (unpaired) electrons. The van der Waals surface area contributed by atoms with Gasteiger partial charge in [0.1, 0.15) is 5.82 Å². The van der Waals surface area contributed by atoms with Crippen LogP contribution in [0.15, 0.2) is 47.4 Å². The van der Waals surface area contributed by atoms with Crippen LogP contribution in [0.25, 0.3) is 0 Å². The molecule has 3 unspecified atom stereocenters. The van der Waals surface area contributed by atoms with E-state index in [1.165, 1.54) is 24.3 Å². The van der Waals surface area contributed by atoms with Gasteiger partial charge in [0.05, 0.1) is 22.9 Å². The molecule has 0 amide bonds. The third kappa shape index (κ3) is 2.88. The van der Waals surface area contributed by atoms with E-state index in [0.29, 0.717) is 6.61 Å². The number of aryl methyl sites for hydroxylation is 1. The predicted molar refractivity (Wildman–Crippen MR) is 97.0 cm³/mol. The lowest BCUT2D eigenvalue weighted by Crippen LogP contribution is -2.31. The summed E-state index contributed by atoms with van der Waals surface area (Å²) in [6.07, 6.45) is 1.67. The minimum Gasteiger partial charge on any atom is -0.373 e. The van der Waals surface area contributed by atoms with Gasteiger partial charge in [-0.25, -0.2) is 12.8 Å². The molecule has 1 aliphatic heterocycles. The molecule has 2 aromatic carbocycles. The monoisotopic (exact) mass is 458 g/mol. The van der Waals surface area contributed by atoms with Gasteiger partial charge < -0.3 is 4.74 Å². The van der Waals surface area contributed by atoms with Crippen molar-refractivity contribution in [3.8, 4) is 0 Å². The first kappa shape index (κ1) is 16.5. The highest BCUT2D eigenvalue weighted by Crippen LogP contribution is 2.47. The molecule has 0 N–H and O–H groups in total. The van der Waals surface area contributed by atoms with Crippen LogP contribution in [0.3, 0.4) is 0 Å². The second kappa shape index (κ2) is 6.07. The van der Waals surface area contributed by atoms with Gasteiger partial charge in [0.2, 0.25) is 0 Å². The summed E-state index contributed by atoms with van der Waals surface area (Å²) in [5.74, 6) is -0.484. The maximum absolute atomic E-state index is 13.3. The van der Waals surface area contributed by atoms with E-state index < -0.39 is 20.9 Å². The summed E-state index contributed by atoms with van der Waals surface area (Å²) in [5, 5.41) is -0.629. The number of fused-ring (bicyclic) bond motifs is 1. The zero-order valence-electron chi connectivity index (χ0n) is 12.8. The van der Waals surface area contributed by atoms with Gasteiger partial charge >= 0.3 is 0 Å². The number of hydrogen-bond donors (Lipinski definition) is 0. The van der Waals surface area contributed by atoms with Gasteiger partial charge in [0.15, 0.2) is 9.84 Å². The van der Waals surface area contributed by atoms with Crippen molar-refractivity contribution in [1.29, 1.82) is 0 Å².